The molecule has 0 saturated carbocycles. The summed E-state index contributed by atoms with van der Waals surface area (Å²) in [5.74, 6) is 0.188. The van der Waals surface area contributed by atoms with E-state index >= 15 is 0 Å². The number of benzene rings is 1. The molecule has 2 aromatic heterocycles. The van der Waals surface area contributed by atoms with Gasteiger partial charge in [-0.25, -0.2) is 0 Å². The molecule has 7 nitrogen and oxygen atoms in total. The molecule has 0 fully saturated rings. The molecule has 8 heteroatoms. The van der Waals surface area contributed by atoms with Gasteiger partial charge in [-0.3, -0.25) is 14.6 Å². The predicted octanol–water partition coefficient (Wildman–Crippen LogP) is 2.75. The monoisotopic (exact) mass is 359 g/mol. The lowest BCUT2D eigenvalue weighted by molar-refractivity contribution is 0.305. The van der Waals surface area contributed by atoms with Crippen molar-refractivity contribution < 1.29 is 17.7 Å². The fourth-order valence-electron chi connectivity index (χ4n) is 2.36. The van der Waals surface area contributed by atoms with Gasteiger partial charge in [0.15, 0.2) is 0 Å². The number of ether oxygens (including phenoxy) is 1. The Hall–Kier alpha value is -2.71. The van der Waals surface area contributed by atoms with Crippen molar-refractivity contribution in [3.05, 3.63) is 65.5 Å². The summed E-state index contributed by atoms with van der Waals surface area (Å²) in [4.78, 5) is 4.30. The van der Waals surface area contributed by atoms with Crippen LogP contribution in [-0.4, -0.2) is 28.2 Å². The van der Waals surface area contributed by atoms with Crippen LogP contribution in [0.25, 0.3) is 11.4 Å². The molecule has 0 radical (unpaired) electrons. The highest BCUT2D eigenvalue weighted by Crippen LogP contribution is 2.19. The lowest BCUT2D eigenvalue weighted by Gasteiger charge is -2.10. The van der Waals surface area contributed by atoms with Crippen LogP contribution in [-0.2, 0) is 22.5 Å². The Kier molecular flexibility index (Phi) is 4.82. The molecule has 0 amide bonds. The minimum absolute atomic E-state index is 0.268. The number of aromatic nitrogens is 3. The van der Waals surface area contributed by atoms with Crippen LogP contribution in [0.2, 0.25) is 0 Å². The second-order valence-electron chi connectivity index (χ2n) is 5.63. The Morgan fingerprint density at radius 1 is 1.20 bits per heavy atom. The Morgan fingerprint density at radius 3 is 2.68 bits per heavy atom. The molecule has 1 aromatic carbocycles. The zero-order valence-electron chi connectivity index (χ0n) is 13.5. The van der Waals surface area contributed by atoms with Crippen LogP contribution in [0, 0.1) is 6.92 Å². The van der Waals surface area contributed by atoms with E-state index in [0.717, 1.165) is 22.5 Å². The van der Waals surface area contributed by atoms with E-state index in [-0.39, 0.29) is 6.61 Å². The first kappa shape index (κ1) is 17.1. The maximum atomic E-state index is 11.1. The van der Waals surface area contributed by atoms with Gasteiger partial charge < -0.3 is 4.74 Å². The minimum Gasteiger partial charge on any atom is -0.487 e. The van der Waals surface area contributed by atoms with Crippen LogP contribution in [0.5, 0.6) is 5.75 Å². The summed E-state index contributed by atoms with van der Waals surface area (Å²) in [6.45, 7) is 2.06. The molecule has 2 heterocycles. The largest absolute Gasteiger partial charge is 0.487 e. The molecule has 3 rings (SSSR count). The number of aromatic amines is 1. The van der Waals surface area contributed by atoms with Gasteiger partial charge in [-0.05, 0) is 41.8 Å². The quantitative estimate of drug-likeness (QED) is 0.656. The van der Waals surface area contributed by atoms with Crippen molar-refractivity contribution in [2.75, 3.05) is 0 Å². The summed E-state index contributed by atoms with van der Waals surface area (Å²) >= 11 is 0. The van der Waals surface area contributed by atoms with Crippen molar-refractivity contribution in [2.24, 2.45) is 0 Å². The van der Waals surface area contributed by atoms with Crippen molar-refractivity contribution in [2.45, 2.75) is 19.3 Å². The molecule has 0 atom stereocenters. The lowest BCUT2D eigenvalue weighted by atomic mass is 10.1. The number of aryl methyl sites for hydroxylation is 1. The van der Waals surface area contributed by atoms with Gasteiger partial charge in [0.2, 0.25) is 0 Å². The molecule has 0 spiro atoms. The first-order valence-corrected chi connectivity index (χ1v) is 9.14. The Morgan fingerprint density at radius 2 is 2.04 bits per heavy atom. The molecule has 0 saturated heterocycles. The van der Waals surface area contributed by atoms with Crippen molar-refractivity contribution in [3.8, 4) is 17.1 Å². The van der Waals surface area contributed by atoms with Gasteiger partial charge in [-0.15, -0.1) is 0 Å². The SMILES string of the molecule is Cc1ccc(COc2ccc(-c3ccn[nH]3)nc2)cc1CS(=O)(=O)O. The van der Waals surface area contributed by atoms with E-state index in [4.69, 9.17) is 9.29 Å². The summed E-state index contributed by atoms with van der Waals surface area (Å²) in [5, 5.41) is 6.72. The average Bonchev–Trinajstić information content (AvgIpc) is 3.09. The fourth-order valence-corrected chi connectivity index (χ4v) is 3.06. The van der Waals surface area contributed by atoms with E-state index < -0.39 is 15.9 Å². The first-order chi connectivity index (χ1) is 11.9. The van der Waals surface area contributed by atoms with Crippen molar-refractivity contribution in [3.63, 3.8) is 0 Å². The number of pyridine rings is 1. The number of hydrogen-bond acceptors (Lipinski definition) is 5. The van der Waals surface area contributed by atoms with Gasteiger partial charge in [0.05, 0.1) is 17.6 Å². The highest BCUT2D eigenvalue weighted by Gasteiger charge is 2.10. The molecule has 0 unspecified atom stereocenters. The summed E-state index contributed by atoms with van der Waals surface area (Å²) in [7, 11) is -4.07. The second kappa shape index (κ2) is 7.04. The van der Waals surface area contributed by atoms with Crippen molar-refractivity contribution >= 4 is 10.1 Å². The predicted molar refractivity (Wildman–Crippen MR) is 92.6 cm³/mol. The van der Waals surface area contributed by atoms with Crippen molar-refractivity contribution in [1.82, 2.24) is 15.2 Å². The molecular formula is C17H17N3O4S. The number of hydrogen-bond donors (Lipinski definition) is 2. The van der Waals surface area contributed by atoms with E-state index in [1.54, 1.807) is 37.5 Å². The van der Waals surface area contributed by atoms with E-state index in [1.165, 1.54) is 0 Å². The van der Waals surface area contributed by atoms with Crippen LogP contribution in [0.15, 0.2) is 48.8 Å². The maximum absolute atomic E-state index is 11.1. The maximum Gasteiger partial charge on any atom is 0.269 e. The van der Waals surface area contributed by atoms with Crippen LogP contribution < -0.4 is 4.74 Å². The number of nitrogens with one attached hydrogen (secondary N) is 1. The standard InChI is InChI=1S/C17H17N3O4S/c1-12-2-3-13(8-14(12)11-25(21,22)23)10-24-15-4-5-16(18-9-15)17-6-7-19-20-17/h2-9H,10-11H2,1H3,(H,19,20)(H,21,22,23). The zero-order chi connectivity index (χ0) is 17.9. The van der Waals surface area contributed by atoms with E-state index in [2.05, 4.69) is 15.2 Å². The molecular weight excluding hydrogens is 342 g/mol. The van der Waals surface area contributed by atoms with Gasteiger partial charge in [-0.2, -0.15) is 13.5 Å². The highest BCUT2D eigenvalue weighted by molar-refractivity contribution is 7.85. The van der Waals surface area contributed by atoms with Crippen LogP contribution in [0.1, 0.15) is 16.7 Å². The molecule has 130 valence electrons. The molecule has 0 aliphatic rings. The number of H-pyrrole nitrogens is 1. The van der Waals surface area contributed by atoms with Crippen molar-refractivity contribution in [1.29, 1.82) is 0 Å². The molecule has 0 bridgehead atoms. The Balaban J connectivity index is 1.68. The number of nitrogens with zero attached hydrogens (tertiary/aromatic N) is 2. The summed E-state index contributed by atoms with van der Waals surface area (Å²) in [5.41, 5.74) is 3.74. The summed E-state index contributed by atoms with van der Waals surface area (Å²) < 4.78 is 36.9. The zero-order valence-corrected chi connectivity index (χ0v) is 14.3. The molecule has 0 aliphatic carbocycles. The number of rotatable bonds is 6. The smallest absolute Gasteiger partial charge is 0.269 e. The second-order valence-corrected chi connectivity index (χ2v) is 7.08. The molecule has 25 heavy (non-hydrogen) atoms. The van der Waals surface area contributed by atoms with Gasteiger partial charge in [0, 0.05) is 6.20 Å². The highest BCUT2D eigenvalue weighted by atomic mass is 32.2. The fraction of sp³-hybridized carbons (Fsp3) is 0.176. The van der Waals surface area contributed by atoms with Crippen LogP contribution in [0.3, 0.4) is 0 Å². The summed E-state index contributed by atoms with van der Waals surface area (Å²) in [6.07, 6.45) is 3.27. The first-order valence-electron chi connectivity index (χ1n) is 7.53. The molecule has 0 aliphatic heterocycles. The van der Waals surface area contributed by atoms with Gasteiger partial charge in [0.1, 0.15) is 18.1 Å². The third-order valence-electron chi connectivity index (χ3n) is 3.67. The Bertz CT molecular complexity index is 952. The van der Waals surface area contributed by atoms with Crippen LogP contribution in [0.4, 0.5) is 0 Å². The van der Waals surface area contributed by atoms with E-state index in [1.807, 2.05) is 18.2 Å². The third kappa shape index (κ3) is 4.65. The minimum atomic E-state index is -4.07. The molecule has 2 N–H and O–H groups in total. The van der Waals surface area contributed by atoms with Crippen LogP contribution >= 0.6 is 0 Å². The van der Waals surface area contributed by atoms with E-state index in [0.29, 0.717) is 11.3 Å². The van der Waals surface area contributed by atoms with Gasteiger partial charge in [0.25, 0.3) is 10.1 Å². The van der Waals surface area contributed by atoms with E-state index in [9.17, 15) is 8.42 Å². The Labute approximate surface area is 145 Å². The average molecular weight is 359 g/mol. The topological polar surface area (TPSA) is 105 Å². The normalized spacial score (nSPS) is 11.4. The summed E-state index contributed by atoms with van der Waals surface area (Å²) in [6, 6.07) is 10.8. The third-order valence-corrected chi connectivity index (χ3v) is 4.35. The molecule has 3 aromatic rings. The van der Waals surface area contributed by atoms with Gasteiger partial charge >= 0.3 is 0 Å². The lowest BCUT2D eigenvalue weighted by Crippen LogP contribution is -2.05. The van der Waals surface area contributed by atoms with Gasteiger partial charge in [-0.1, -0.05) is 18.2 Å².